The van der Waals surface area contributed by atoms with E-state index in [1.165, 1.54) is 0 Å². The summed E-state index contributed by atoms with van der Waals surface area (Å²) in [5, 5.41) is 22.8. The van der Waals surface area contributed by atoms with Gasteiger partial charge in [0.2, 0.25) is 5.91 Å². The predicted octanol–water partition coefficient (Wildman–Crippen LogP) is 0.840. The van der Waals surface area contributed by atoms with Gasteiger partial charge in [0, 0.05) is 18.5 Å². The summed E-state index contributed by atoms with van der Waals surface area (Å²) >= 11 is 0. The average molecular weight is 345 g/mol. The van der Waals surface area contributed by atoms with Crippen molar-refractivity contribution in [1.82, 2.24) is 4.90 Å². The van der Waals surface area contributed by atoms with Gasteiger partial charge < -0.3 is 15.2 Å². The highest BCUT2D eigenvalue weighted by Gasteiger charge is 2.44. The number of esters is 1. The van der Waals surface area contributed by atoms with E-state index < -0.39 is 11.6 Å². The van der Waals surface area contributed by atoms with Gasteiger partial charge in [-0.2, -0.15) is 5.26 Å². The largest absolute Gasteiger partial charge is 0.464 e. The molecule has 1 amide bonds. The summed E-state index contributed by atoms with van der Waals surface area (Å²) in [6.45, 7) is 3.61. The van der Waals surface area contributed by atoms with E-state index in [4.69, 9.17) is 4.74 Å². The van der Waals surface area contributed by atoms with Gasteiger partial charge in [-0.3, -0.25) is 9.69 Å². The van der Waals surface area contributed by atoms with Crippen molar-refractivity contribution in [2.24, 2.45) is 0 Å². The number of ether oxygens (including phenoxy) is 1. The lowest BCUT2D eigenvalue weighted by Crippen LogP contribution is -2.41. The number of hydrogen-bond acceptors (Lipinski definition) is 6. The van der Waals surface area contributed by atoms with Crippen molar-refractivity contribution in [2.75, 3.05) is 26.0 Å². The first-order chi connectivity index (χ1) is 11.7. The van der Waals surface area contributed by atoms with Crippen molar-refractivity contribution >= 4 is 17.6 Å². The quantitative estimate of drug-likeness (QED) is 0.767. The molecular weight excluding hydrogens is 322 g/mol. The van der Waals surface area contributed by atoms with Gasteiger partial charge in [-0.1, -0.05) is 0 Å². The Morgan fingerprint density at radius 1 is 1.44 bits per heavy atom. The van der Waals surface area contributed by atoms with Gasteiger partial charge >= 0.3 is 5.97 Å². The van der Waals surface area contributed by atoms with Crippen molar-refractivity contribution < 1.29 is 19.4 Å². The van der Waals surface area contributed by atoms with Crippen molar-refractivity contribution in [3.8, 4) is 6.07 Å². The van der Waals surface area contributed by atoms with Crippen LogP contribution < -0.4 is 5.32 Å². The first kappa shape index (κ1) is 18.9. The zero-order valence-corrected chi connectivity index (χ0v) is 14.9. The van der Waals surface area contributed by atoms with E-state index in [2.05, 4.69) is 11.4 Å². The van der Waals surface area contributed by atoms with Crippen LogP contribution in [0.25, 0.3) is 0 Å². The van der Waals surface area contributed by atoms with Gasteiger partial charge in [0.25, 0.3) is 0 Å². The Bertz CT molecular complexity index is 739. The molecule has 0 fully saturated rings. The van der Waals surface area contributed by atoms with Gasteiger partial charge in [-0.25, -0.2) is 4.79 Å². The topological polar surface area (TPSA) is 103 Å². The number of hydrogen-bond donors (Lipinski definition) is 2. The van der Waals surface area contributed by atoms with Crippen LogP contribution in [0, 0.1) is 11.3 Å². The lowest BCUT2D eigenvalue weighted by atomic mass is 10.00. The number of rotatable bonds is 5. The van der Waals surface area contributed by atoms with E-state index >= 15 is 0 Å². The van der Waals surface area contributed by atoms with Crippen LogP contribution in [0.4, 0.5) is 5.69 Å². The zero-order valence-electron chi connectivity index (χ0n) is 14.9. The van der Waals surface area contributed by atoms with Gasteiger partial charge in [0.15, 0.2) is 5.60 Å². The van der Waals surface area contributed by atoms with Crippen LogP contribution in [-0.2, 0) is 27.2 Å². The van der Waals surface area contributed by atoms with Crippen LogP contribution >= 0.6 is 0 Å². The number of anilines is 1. The van der Waals surface area contributed by atoms with E-state index in [0.717, 1.165) is 0 Å². The van der Waals surface area contributed by atoms with Gasteiger partial charge in [0.05, 0.1) is 24.3 Å². The lowest BCUT2D eigenvalue weighted by Gasteiger charge is -2.19. The van der Waals surface area contributed by atoms with Crippen molar-refractivity contribution in [3.63, 3.8) is 0 Å². The predicted molar refractivity (Wildman–Crippen MR) is 91.9 cm³/mol. The fourth-order valence-corrected chi connectivity index (χ4v) is 2.83. The Labute approximate surface area is 147 Å². The second-order valence-electron chi connectivity index (χ2n) is 6.51. The number of nitrogens with zero attached hydrogens (tertiary/aromatic N) is 2. The molecule has 25 heavy (non-hydrogen) atoms. The third kappa shape index (κ3) is 3.81. The van der Waals surface area contributed by atoms with Crippen LogP contribution in [0.3, 0.4) is 0 Å². The van der Waals surface area contributed by atoms with E-state index in [9.17, 15) is 20.0 Å². The average Bonchev–Trinajstić information content (AvgIpc) is 2.91. The second-order valence-corrected chi connectivity index (χ2v) is 6.51. The highest BCUT2D eigenvalue weighted by atomic mass is 16.5. The molecule has 0 saturated heterocycles. The number of nitrogens with one attached hydrogen (secondary N) is 1. The van der Waals surface area contributed by atoms with E-state index in [0.29, 0.717) is 22.4 Å². The van der Waals surface area contributed by atoms with Gasteiger partial charge in [0.1, 0.15) is 0 Å². The Hall–Kier alpha value is -2.43. The molecule has 1 aliphatic rings. The highest BCUT2D eigenvalue weighted by molar-refractivity contribution is 5.95. The summed E-state index contributed by atoms with van der Waals surface area (Å²) in [5.41, 5.74) is 0.440. The molecule has 0 aromatic heterocycles. The first-order valence-corrected chi connectivity index (χ1v) is 8.14. The fraction of sp³-hybridized carbons (Fsp3) is 0.500. The van der Waals surface area contributed by atoms with Gasteiger partial charge in [-0.15, -0.1) is 0 Å². The number of benzene rings is 1. The molecule has 2 rings (SSSR count). The maximum Gasteiger partial charge on any atom is 0.338 e. The molecule has 1 aliphatic carbocycles. The van der Waals surface area contributed by atoms with Crippen LogP contribution in [0.5, 0.6) is 0 Å². The monoisotopic (exact) mass is 345 g/mol. The lowest BCUT2D eigenvalue weighted by molar-refractivity contribution is -0.163. The normalized spacial score (nSPS) is 19.9. The van der Waals surface area contributed by atoms with Crippen LogP contribution in [0.1, 0.15) is 30.5 Å². The number of amides is 1. The number of aliphatic hydroxyl groups is 1. The summed E-state index contributed by atoms with van der Waals surface area (Å²) in [6, 6.07) is 5.01. The molecule has 1 aromatic carbocycles. The summed E-state index contributed by atoms with van der Waals surface area (Å²) in [5.74, 6) is -0.894. The zero-order chi connectivity index (χ0) is 18.8. The molecule has 0 saturated carbocycles. The summed E-state index contributed by atoms with van der Waals surface area (Å²) in [4.78, 5) is 26.0. The Balaban J connectivity index is 2.30. The molecule has 0 aliphatic heterocycles. The fourth-order valence-electron chi connectivity index (χ4n) is 2.83. The molecule has 1 aromatic rings. The molecule has 0 bridgehead atoms. The molecule has 2 atom stereocenters. The Morgan fingerprint density at radius 2 is 2.12 bits per heavy atom. The number of likely N-dealkylation sites (N-methyl/N-ethyl adjacent to an activating group) is 1. The third-order valence-electron chi connectivity index (χ3n) is 4.49. The van der Waals surface area contributed by atoms with Crippen molar-refractivity contribution in [3.05, 3.63) is 28.8 Å². The first-order valence-electron chi connectivity index (χ1n) is 8.14. The van der Waals surface area contributed by atoms with Crippen LogP contribution in [0.2, 0.25) is 0 Å². The molecule has 7 nitrogen and oxygen atoms in total. The van der Waals surface area contributed by atoms with Gasteiger partial charge in [-0.05, 0) is 51.2 Å². The minimum atomic E-state index is -1.66. The summed E-state index contributed by atoms with van der Waals surface area (Å²) < 4.78 is 4.94. The van der Waals surface area contributed by atoms with Crippen molar-refractivity contribution in [1.29, 1.82) is 5.26 Å². The summed E-state index contributed by atoms with van der Waals surface area (Å²) in [6.07, 6.45) is 0.0924. The molecule has 0 radical (unpaired) electrons. The second kappa shape index (κ2) is 7.21. The summed E-state index contributed by atoms with van der Waals surface area (Å²) in [7, 11) is 3.60. The molecule has 0 spiro atoms. The maximum atomic E-state index is 12.2. The van der Waals surface area contributed by atoms with Crippen LogP contribution in [0.15, 0.2) is 12.1 Å². The SMILES string of the molecule is CCOC(=O)C1(O)Cc2cc(NC(=O)[C@@H](C)N(C)C)cc(C#N)c2C1. The molecule has 0 heterocycles. The Kier molecular flexibility index (Phi) is 5.45. The number of carbonyl (C=O) groups is 2. The van der Waals surface area contributed by atoms with Crippen molar-refractivity contribution in [2.45, 2.75) is 38.3 Å². The number of fused-ring (bicyclic) bond motifs is 1. The third-order valence-corrected chi connectivity index (χ3v) is 4.49. The minimum absolute atomic E-state index is 0.0341. The van der Waals surface area contributed by atoms with E-state index in [1.54, 1.807) is 45.0 Å². The number of nitriles is 1. The molecular formula is C18H23N3O4. The Morgan fingerprint density at radius 3 is 2.68 bits per heavy atom. The smallest absolute Gasteiger partial charge is 0.338 e. The van der Waals surface area contributed by atoms with E-state index in [1.807, 2.05) is 0 Å². The molecule has 7 heteroatoms. The minimum Gasteiger partial charge on any atom is -0.464 e. The molecule has 1 unspecified atom stereocenters. The highest BCUT2D eigenvalue weighted by Crippen LogP contribution is 2.35. The van der Waals surface area contributed by atoms with E-state index in [-0.39, 0.29) is 31.4 Å². The standard InChI is InChI=1S/C18H23N3O4/c1-5-25-17(23)18(24)8-12-6-14(7-13(10-19)15(12)9-18)20-16(22)11(2)21(3)4/h6-7,11,24H,5,8-9H2,1-4H3,(H,20,22)/t11-,18?/m1/s1. The number of carbonyl (C=O) groups excluding carboxylic acids is 2. The molecule has 2 N–H and O–H groups in total. The maximum absolute atomic E-state index is 12.2. The molecule has 134 valence electrons. The van der Waals surface area contributed by atoms with Crippen LogP contribution in [-0.4, -0.2) is 54.2 Å².